The Morgan fingerprint density at radius 1 is 0.380 bits per heavy atom. The highest BCUT2D eigenvalue weighted by atomic mass is 16.7. The second-order valence-corrected chi connectivity index (χ2v) is 21.6. The Morgan fingerprint density at radius 3 is 1.01 bits per heavy atom. The first-order valence-electron chi connectivity index (χ1n) is 31.3. The van der Waals surface area contributed by atoms with Gasteiger partial charge in [-0.2, -0.15) is 0 Å². The maximum Gasteiger partial charge on any atom is 0.361 e. The molecule has 0 aliphatic rings. The molecule has 0 amide bonds. The number of aliphatic carboxylic acids is 1. The van der Waals surface area contributed by atoms with E-state index >= 15 is 0 Å². The molecule has 0 aromatic carbocycles. The van der Waals surface area contributed by atoms with Crippen LogP contribution in [0, 0.1) is 0 Å². The maximum absolute atomic E-state index is 12.9. The van der Waals surface area contributed by atoms with E-state index in [1.165, 1.54) is 77.0 Å². The number of carbonyl (C=O) groups is 3. The van der Waals surface area contributed by atoms with Gasteiger partial charge in [0.2, 0.25) is 0 Å². The number of carbonyl (C=O) groups excluding carboxylic acids is 2. The summed E-state index contributed by atoms with van der Waals surface area (Å²) in [5.74, 6) is -2.04. The lowest BCUT2D eigenvalue weighted by Gasteiger charge is -2.25. The lowest BCUT2D eigenvalue weighted by molar-refractivity contribution is -0.870. The number of allylic oxidation sites excluding steroid dienone is 22. The first-order chi connectivity index (χ1) is 38.6. The van der Waals surface area contributed by atoms with Crippen molar-refractivity contribution in [3.8, 4) is 0 Å². The van der Waals surface area contributed by atoms with Crippen LogP contribution in [0.3, 0.4) is 0 Å². The summed E-state index contributed by atoms with van der Waals surface area (Å²) in [6.45, 7) is 4.62. The average Bonchev–Trinajstić information content (AvgIpc) is 3.42. The van der Waals surface area contributed by atoms with E-state index in [0.29, 0.717) is 17.4 Å². The van der Waals surface area contributed by atoms with Crippen LogP contribution in [0.25, 0.3) is 0 Å². The summed E-state index contributed by atoms with van der Waals surface area (Å²) in [4.78, 5) is 37.5. The predicted molar refractivity (Wildman–Crippen MR) is 336 cm³/mol. The van der Waals surface area contributed by atoms with E-state index in [9.17, 15) is 19.5 Å². The van der Waals surface area contributed by atoms with Crippen molar-refractivity contribution in [1.82, 2.24) is 0 Å². The third-order valence-corrected chi connectivity index (χ3v) is 12.9. The van der Waals surface area contributed by atoms with Crippen molar-refractivity contribution in [2.45, 2.75) is 245 Å². The summed E-state index contributed by atoms with van der Waals surface area (Å²) < 4.78 is 22.9. The van der Waals surface area contributed by atoms with Gasteiger partial charge in [0, 0.05) is 12.8 Å². The Hall–Kier alpha value is -4.57. The van der Waals surface area contributed by atoms with Gasteiger partial charge in [-0.1, -0.05) is 244 Å². The molecule has 2 atom stereocenters. The fourth-order valence-corrected chi connectivity index (χ4v) is 8.16. The molecular weight excluding hydrogens is 983 g/mol. The van der Waals surface area contributed by atoms with Gasteiger partial charge in [0.05, 0.1) is 34.4 Å². The molecule has 0 saturated heterocycles. The van der Waals surface area contributed by atoms with Crippen molar-refractivity contribution >= 4 is 17.9 Å². The number of esters is 2. The molecule has 9 nitrogen and oxygen atoms in total. The predicted octanol–water partition coefficient (Wildman–Crippen LogP) is 19.0. The Morgan fingerprint density at radius 2 is 0.684 bits per heavy atom. The molecule has 0 bridgehead atoms. The summed E-state index contributed by atoms with van der Waals surface area (Å²) in [6, 6.07) is 0. The number of carboxylic acid groups (broad SMARTS) is 1. The van der Waals surface area contributed by atoms with E-state index in [-0.39, 0.29) is 38.6 Å². The van der Waals surface area contributed by atoms with Crippen LogP contribution < -0.4 is 0 Å². The molecule has 9 heteroatoms. The molecule has 0 rings (SSSR count). The van der Waals surface area contributed by atoms with E-state index < -0.39 is 24.3 Å². The van der Waals surface area contributed by atoms with E-state index in [1.54, 1.807) is 0 Å². The topological polar surface area (TPSA) is 108 Å². The number of carboxylic acids is 1. The van der Waals surface area contributed by atoms with Crippen molar-refractivity contribution < 1.29 is 42.9 Å². The molecular formula is C70H116NO8+. The molecule has 1 N–H and O–H groups in total. The number of hydrogen-bond donors (Lipinski definition) is 1. The van der Waals surface area contributed by atoms with Crippen LogP contribution in [-0.4, -0.2) is 87.4 Å². The number of likely N-dealkylation sites (N-methyl/N-ethyl adjacent to an activating group) is 1. The van der Waals surface area contributed by atoms with E-state index in [0.717, 1.165) is 122 Å². The summed E-state index contributed by atoms with van der Waals surface area (Å²) in [7, 11) is 5.96. The van der Waals surface area contributed by atoms with Gasteiger partial charge in [-0.25, -0.2) is 4.79 Å². The minimum atomic E-state index is -1.52. The van der Waals surface area contributed by atoms with Crippen LogP contribution in [-0.2, 0) is 33.3 Å². The van der Waals surface area contributed by atoms with Gasteiger partial charge in [-0.05, 0) is 109 Å². The Bertz CT molecular complexity index is 1750. The molecule has 0 heterocycles. The van der Waals surface area contributed by atoms with E-state index in [1.807, 2.05) is 21.1 Å². The standard InChI is InChI=1S/C70H115NO8/c1-6-8-10-12-14-16-18-20-22-24-26-28-30-32-34-36-38-40-42-44-46-48-50-52-54-56-58-60-67(72)77-64-66(65-78-70(69(74)75)76-63-62-71(3,4)5)79-68(73)61-59-57-55-53-51-49-47-45-43-41-39-37-35-33-31-29-27-25-23-21-19-17-15-13-11-9-7-2/h8-11,14-17,20-23,26-29,33,35,39,41,45,47,66,70H,6-7,12-13,18-19,24-25,30-32,34,36-38,40,42-44,46,48-65H2,1-5H3/p+1/b10-8-,11-9-,16-14-,17-15-,22-20-,23-21-,28-26-,29-27-,35-33-,41-39-,47-45-. The highest BCUT2D eigenvalue weighted by Crippen LogP contribution is 2.15. The van der Waals surface area contributed by atoms with Crippen molar-refractivity contribution in [2.75, 3.05) is 47.5 Å². The molecule has 448 valence electrons. The van der Waals surface area contributed by atoms with Gasteiger partial charge < -0.3 is 28.5 Å². The average molecular weight is 1100 g/mol. The van der Waals surface area contributed by atoms with Crippen molar-refractivity contribution in [1.29, 1.82) is 0 Å². The van der Waals surface area contributed by atoms with E-state index in [4.69, 9.17) is 18.9 Å². The monoisotopic (exact) mass is 1100 g/mol. The number of nitrogens with zero attached hydrogens (tertiary/aromatic N) is 1. The minimum absolute atomic E-state index is 0.176. The second-order valence-electron chi connectivity index (χ2n) is 21.6. The summed E-state index contributed by atoms with van der Waals surface area (Å²) in [5.41, 5.74) is 0. The molecule has 0 radical (unpaired) electrons. The largest absolute Gasteiger partial charge is 0.477 e. The summed E-state index contributed by atoms with van der Waals surface area (Å²) in [6.07, 6.45) is 82.5. The zero-order valence-electron chi connectivity index (χ0n) is 51.0. The number of unbranched alkanes of at least 4 members (excludes halogenated alkanes) is 19. The van der Waals surface area contributed by atoms with Crippen LogP contribution in [0.15, 0.2) is 134 Å². The van der Waals surface area contributed by atoms with Crippen LogP contribution in [0.1, 0.15) is 232 Å². The van der Waals surface area contributed by atoms with Crippen LogP contribution in [0.4, 0.5) is 0 Å². The molecule has 0 spiro atoms. The normalized spacial score (nSPS) is 13.7. The number of ether oxygens (including phenoxy) is 4. The Kier molecular flexibility index (Phi) is 56.1. The van der Waals surface area contributed by atoms with Gasteiger partial charge in [-0.3, -0.25) is 9.59 Å². The van der Waals surface area contributed by atoms with Crippen molar-refractivity contribution in [3.63, 3.8) is 0 Å². The lowest BCUT2D eigenvalue weighted by Crippen LogP contribution is -2.40. The van der Waals surface area contributed by atoms with Crippen LogP contribution >= 0.6 is 0 Å². The zero-order chi connectivity index (χ0) is 57.6. The molecule has 0 aromatic rings. The highest BCUT2D eigenvalue weighted by molar-refractivity contribution is 5.71. The molecule has 0 aliphatic carbocycles. The fourth-order valence-electron chi connectivity index (χ4n) is 8.16. The second kappa shape index (κ2) is 59.5. The molecule has 2 unspecified atom stereocenters. The smallest absolute Gasteiger partial charge is 0.361 e. The van der Waals surface area contributed by atoms with Gasteiger partial charge in [0.15, 0.2) is 6.10 Å². The SMILES string of the molecule is CC/C=C\C/C=C\C/C=C\C/C=C\C/C=C\C/C=C\C/C=C\CCCCCCCC(=O)OC(COC(=O)CCCCCCCCCCCCCCCC/C=C\C/C=C\C/C=C\C/C=C\CC)COC(OCC[N+](C)(C)C)C(=O)O. The third-order valence-electron chi connectivity index (χ3n) is 12.9. The number of hydrogen-bond acceptors (Lipinski definition) is 7. The van der Waals surface area contributed by atoms with Crippen LogP contribution in [0.2, 0.25) is 0 Å². The van der Waals surface area contributed by atoms with Gasteiger partial charge in [0.25, 0.3) is 6.29 Å². The number of quaternary nitrogens is 1. The molecule has 79 heavy (non-hydrogen) atoms. The van der Waals surface area contributed by atoms with Crippen molar-refractivity contribution in [2.24, 2.45) is 0 Å². The summed E-state index contributed by atoms with van der Waals surface area (Å²) >= 11 is 0. The summed E-state index contributed by atoms with van der Waals surface area (Å²) in [5, 5.41) is 9.73. The Balaban J connectivity index is 4.27. The highest BCUT2D eigenvalue weighted by Gasteiger charge is 2.25. The van der Waals surface area contributed by atoms with Gasteiger partial charge in [0.1, 0.15) is 13.2 Å². The minimum Gasteiger partial charge on any atom is -0.477 e. The molecule has 0 aliphatic heterocycles. The third kappa shape index (κ3) is 60.9. The maximum atomic E-state index is 12.9. The van der Waals surface area contributed by atoms with Gasteiger partial charge >= 0.3 is 17.9 Å². The van der Waals surface area contributed by atoms with Crippen LogP contribution in [0.5, 0.6) is 0 Å². The molecule has 0 aromatic heterocycles. The molecule has 0 saturated carbocycles. The fraction of sp³-hybridized carbons (Fsp3) is 0.643. The zero-order valence-corrected chi connectivity index (χ0v) is 51.0. The molecule has 0 fully saturated rings. The van der Waals surface area contributed by atoms with E-state index in [2.05, 4.69) is 148 Å². The number of rotatable bonds is 56. The first-order valence-corrected chi connectivity index (χ1v) is 31.3. The first kappa shape index (κ1) is 74.4. The lowest BCUT2D eigenvalue weighted by atomic mass is 10.0. The quantitative estimate of drug-likeness (QED) is 0.0211. The van der Waals surface area contributed by atoms with Gasteiger partial charge in [-0.15, -0.1) is 0 Å². The van der Waals surface area contributed by atoms with Crippen molar-refractivity contribution in [3.05, 3.63) is 134 Å². The Labute approximate surface area is 484 Å².